The Hall–Kier alpha value is -1.40. The van der Waals surface area contributed by atoms with Crippen LogP contribution in [-0.4, -0.2) is 7.05 Å². The Morgan fingerprint density at radius 3 is 2.39 bits per heavy atom. The van der Waals surface area contributed by atoms with Gasteiger partial charge in [-0.3, -0.25) is 0 Å². The number of halogens is 2. The van der Waals surface area contributed by atoms with E-state index in [1.54, 1.807) is 13.1 Å². The second-order valence-corrected chi connectivity index (χ2v) is 5.27. The molecule has 1 N–H and O–H groups in total. The van der Waals surface area contributed by atoms with Gasteiger partial charge in [0.05, 0.1) is 0 Å². The maximum Gasteiger partial charge on any atom is 0.159 e. The van der Waals surface area contributed by atoms with E-state index in [1.807, 2.05) is 20.8 Å². The Kier molecular flexibility index (Phi) is 4.86. The van der Waals surface area contributed by atoms with Crippen molar-refractivity contribution in [3.63, 3.8) is 0 Å². The molecule has 18 heavy (non-hydrogen) atoms. The summed E-state index contributed by atoms with van der Waals surface area (Å²) in [5.41, 5.74) is 0.659. The highest BCUT2D eigenvalue weighted by molar-refractivity contribution is 5.23. The zero-order valence-electron chi connectivity index (χ0n) is 11.3. The van der Waals surface area contributed by atoms with E-state index in [0.717, 1.165) is 6.07 Å². The van der Waals surface area contributed by atoms with Crippen LogP contribution in [-0.2, 0) is 0 Å². The van der Waals surface area contributed by atoms with E-state index < -0.39 is 11.6 Å². The minimum Gasteiger partial charge on any atom is -0.312 e. The van der Waals surface area contributed by atoms with Gasteiger partial charge in [-0.15, -0.1) is 5.92 Å². The molecule has 0 spiro atoms. The van der Waals surface area contributed by atoms with Crippen LogP contribution in [0.15, 0.2) is 18.2 Å². The van der Waals surface area contributed by atoms with Crippen LogP contribution in [0.4, 0.5) is 8.78 Å². The average molecular weight is 251 g/mol. The Labute approximate surface area is 108 Å². The lowest BCUT2D eigenvalue weighted by molar-refractivity contribution is 0.502. The molecule has 98 valence electrons. The maximum absolute atomic E-state index is 13.1. The number of rotatable bonds is 3. The summed E-state index contributed by atoms with van der Waals surface area (Å²) in [4.78, 5) is 0. The van der Waals surface area contributed by atoms with Gasteiger partial charge < -0.3 is 5.32 Å². The van der Waals surface area contributed by atoms with Gasteiger partial charge in [0.2, 0.25) is 0 Å². The molecule has 0 saturated carbocycles. The summed E-state index contributed by atoms with van der Waals surface area (Å²) in [6.45, 7) is 6.10. The van der Waals surface area contributed by atoms with Gasteiger partial charge in [0.15, 0.2) is 11.6 Å². The van der Waals surface area contributed by atoms with E-state index in [9.17, 15) is 8.78 Å². The molecule has 1 atom stereocenters. The molecule has 1 aromatic rings. The lowest BCUT2D eigenvalue weighted by Crippen LogP contribution is -2.16. The number of hydrogen-bond donors (Lipinski definition) is 1. The van der Waals surface area contributed by atoms with Gasteiger partial charge in [-0.05, 0) is 45.5 Å². The first kappa shape index (κ1) is 14.7. The molecule has 0 saturated heterocycles. The molecule has 1 nitrogen and oxygen atoms in total. The third kappa shape index (κ3) is 4.46. The van der Waals surface area contributed by atoms with Crippen molar-refractivity contribution in [2.45, 2.75) is 33.2 Å². The topological polar surface area (TPSA) is 12.0 Å². The van der Waals surface area contributed by atoms with Crippen LogP contribution in [0, 0.1) is 28.9 Å². The van der Waals surface area contributed by atoms with E-state index in [0.29, 0.717) is 12.0 Å². The summed E-state index contributed by atoms with van der Waals surface area (Å²) in [5, 5.41) is 3.06. The number of hydrogen-bond acceptors (Lipinski definition) is 1. The summed E-state index contributed by atoms with van der Waals surface area (Å²) in [5.74, 6) is 4.56. The van der Waals surface area contributed by atoms with Crippen molar-refractivity contribution in [3.8, 4) is 11.8 Å². The van der Waals surface area contributed by atoms with Crippen LogP contribution in [0.1, 0.15) is 38.8 Å². The highest BCUT2D eigenvalue weighted by atomic mass is 19.2. The Morgan fingerprint density at radius 1 is 1.22 bits per heavy atom. The van der Waals surface area contributed by atoms with Crippen molar-refractivity contribution in [1.29, 1.82) is 0 Å². The lowest BCUT2D eigenvalue weighted by Gasteiger charge is -2.14. The summed E-state index contributed by atoms with van der Waals surface area (Å²) in [6.07, 6.45) is 0.568. The molecule has 0 radical (unpaired) electrons. The summed E-state index contributed by atoms with van der Waals surface area (Å²) in [6, 6.07) is 3.86. The van der Waals surface area contributed by atoms with Crippen molar-refractivity contribution in [2.75, 3.05) is 7.05 Å². The van der Waals surface area contributed by atoms with Gasteiger partial charge in [-0.1, -0.05) is 12.0 Å². The normalized spacial score (nSPS) is 12.8. The number of nitrogens with one attached hydrogen (secondary N) is 1. The van der Waals surface area contributed by atoms with Gasteiger partial charge in [0.25, 0.3) is 0 Å². The SMILES string of the molecule is CNC(CC#CC(C)(C)C)c1ccc(F)c(F)c1. The van der Waals surface area contributed by atoms with E-state index in [2.05, 4.69) is 17.2 Å². The van der Waals surface area contributed by atoms with Crippen LogP contribution < -0.4 is 5.32 Å². The molecule has 0 aliphatic heterocycles. The van der Waals surface area contributed by atoms with Crippen molar-refractivity contribution < 1.29 is 8.78 Å². The molecule has 0 aliphatic rings. The number of benzene rings is 1. The molecule has 0 amide bonds. The first-order valence-electron chi connectivity index (χ1n) is 5.96. The van der Waals surface area contributed by atoms with Crippen molar-refractivity contribution in [1.82, 2.24) is 5.32 Å². The van der Waals surface area contributed by atoms with Crippen LogP contribution in [0.25, 0.3) is 0 Å². The minimum absolute atomic E-state index is 0.0493. The van der Waals surface area contributed by atoms with Crippen LogP contribution in [0.3, 0.4) is 0 Å². The highest BCUT2D eigenvalue weighted by Crippen LogP contribution is 2.19. The predicted molar refractivity (Wildman–Crippen MR) is 70.0 cm³/mol. The molecule has 1 rings (SSSR count). The van der Waals surface area contributed by atoms with E-state index in [1.165, 1.54) is 6.07 Å². The molecule has 0 aliphatic carbocycles. The molecule has 1 aromatic carbocycles. The second kappa shape index (κ2) is 5.97. The third-order valence-electron chi connectivity index (χ3n) is 2.46. The largest absolute Gasteiger partial charge is 0.312 e. The van der Waals surface area contributed by atoms with Gasteiger partial charge >= 0.3 is 0 Å². The first-order chi connectivity index (χ1) is 8.33. The fourth-order valence-electron chi connectivity index (χ4n) is 1.53. The smallest absolute Gasteiger partial charge is 0.159 e. The Balaban J connectivity index is 2.82. The fourth-order valence-corrected chi connectivity index (χ4v) is 1.53. The Bertz CT molecular complexity index is 464. The highest BCUT2D eigenvalue weighted by Gasteiger charge is 2.11. The predicted octanol–water partition coefficient (Wildman–Crippen LogP) is 3.66. The summed E-state index contributed by atoms with van der Waals surface area (Å²) < 4.78 is 26.0. The van der Waals surface area contributed by atoms with E-state index in [4.69, 9.17) is 0 Å². The van der Waals surface area contributed by atoms with Crippen LogP contribution in [0.5, 0.6) is 0 Å². The molecule has 1 unspecified atom stereocenters. The van der Waals surface area contributed by atoms with Gasteiger partial charge in [0, 0.05) is 17.9 Å². The summed E-state index contributed by atoms with van der Waals surface area (Å²) >= 11 is 0. The zero-order chi connectivity index (χ0) is 13.8. The first-order valence-corrected chi connectivity index (χ1v) is 5.96. The average Bonchev–Trinajstić information content (AvgIpc) is 2.27. The minimum atomic E-state index is -0.825. The van der Waals surface area contributed by atoms with Crippen LogP contribution in [0.2, 0.25) is 0 Å². The monoisotopic (exact) mass is 251 g/mol. The van der Waals surface area contributed by atoms with Gasteiger partial charge in [0.1, 0.15) is 0 Å². The molecule has 3 heteroatoms. The van der Waals surface area contributed by atoms with Crippen molar-refractivity contribution in [2.24, 2.45) is 5.41 Å². The van der Waals surface area contributed by atoms with Gasteiger partial charge in [-0.2, -0.15) is 0 Å². The molecule has 0 aromatic heterocycles. The second-order valence-electron chi connectivity index (χ2n) is 5.27. The maximum atomic E-state index is 13.1. The molecule has 0 bridgehead atoms. The molecular formula is C15H19F2N. The quantitative estimate of drug-likeness (QED) is 0.808. The fraction of sp³-hybridized carbons (Fsp3) is 0.467. The molecule has 0 fully saturated rings. The van der Waals surface area contributed by atoms with E-state index in [-0.39, 0.29) is 11.5 Å². The summed E-state index contributed by atoms with van der Waals surface area (Å²) in [7, 11) is 1.78. The Morgan fingerprint density at radius 2 is 1.89 bits per heavy atom. The van der Waals surface area contributed by atoms with Crippen molar-refractivity contribution >= 4 is 0 Å². The van der Waals surface area contributed by atoms with E-state index >= 15 is 0 Å². The molecular weight excluding hydrogens is 232 g/mol. The van der Waals surface area contributed by atoms with Crippen molar-refractivity contribution in [3.05, 3.63) is 35.4 Å². The lowest BCUT2D eigenvalue weighted by atomic mass is 9.96. The molecule has 0 heterocycles. The third-order valence-corrected chi connectivity index (χ3v) is 2.46. The standard InChI is InChI=1S/C15H19F2N/c1-15(2,3)9-5-6-14(18-4)11-7-8-12(16)13(17)10-11/h7-8,10,14,18H,6H2,1-4H3. The van der Waals surface area contributed by atoms with Gasteiger partial charge in [-0.25, -0.2) is 8.78 Å². The van der Waals surface area contributed by atoms with Crippen LogP contribution >= 0.6 is 0 Å². The zero-order valence-corrected chi connectivity index (χ0v) is 11.3.